The zero-order valence-corrected chi connectivity index (χ0v) is 14.7. The first-order chi connectivity index (χ1) is 12.1. The van der Waals surface area contributed by atoms with Crippen LogP contribution in [0.5, 0.6) is 11.5 Å². The van der Waals surface area contributed by atoms with Crippen LogP contribution >= 0.6 is 0 Å². The molecule has 1 amide bonds. The van der Waals surface area contributed by atoms with Crippen LogP contribution in [0, 0.1) is 17.2 Å². The van der Waals surface area contributed by atoms with Crippen molar-refractivity contribution in [3.63, 3.8) is 0 Å². The maximum atomic E-state index is 12.4. The number of carbonyl (C=O) groups excluding carboxylic acids is 1. The Morgan fingerprint density at radius 1 is 1.16 bits per heavy atom. The third-order valence-electron chi connectivity index (χ3n) is 4.02. The van der Waals surface area contributed by atoms with Gasteiger partial charge in [-0.15, -0.1) is 0 Å². The van der Waals surface area contributed by atoms with Crippen LogP contribution in [0.25, 0.3) is 0 Å². The van der Waals surface area contributed by atoms with Gasteiger partial charge in [0.25, 0.3) is 0 Å². The number of anilines is 1. The third kappa shape index (κ3) is 4.74. The first-order valence-electron chi connectivity index (χ1n) is 8.11. The predicted octanol–water partition coefficient (Wildman–Crippen LogP) is 3.59. The number of nitrogens with zero attached hydrogens (tertiary/aromatic N) is 1. The van der Waals surface area contributed by atoms with E-state index < -0.39 is 5.92 Å². The Labute approximate surface area is 148 Å². The van der Waals surface area contributed by atoms with Crippen molar-refractivity contribution in [3.05, 3.63) is 53.6 Å². The minimum atomic E-state index is -0.812. The molecule has 2 rings (SSSR count). The first-order valence-corrected chi connectivity index (χ1v) is 8.11. The SMILES string of the molecule is CCc1ccc(NC(=O)C(C#N)Cc2ccc(OC)cc2OC)cc1. The van der Waals surface area contributed by atoms with E-state index in [0.29, 0.717) is 17.2 Å². The Hall–Kier alpha value is -3.00. The molecule has 5 heteroatoms. The summed E-state index contributed by atoms with van der Waals surface area (Å²) >= 11 is 0. The fraction of sp³-hybridized carbons (Fsp3) is 0.300. The van der Waals surface area contributed by atoms with Gasteiger partial charge in [0.05, 0.1) is 20.3 Å². The van der Waals surface area contributed by atoms with Crippen LogP contribution in [0.3, 0.4) is 0 Å². The van der Waals surface area contributed by atoms with Gasteiger partial charge in [0.1, 0.15) is 17.4 Å². The van der Waals surface area contributed by atoms with E-state index in [1.807, 2.05) is 30.3 Å². The van der Waals surface area contributed by atoms with Crippen LogP contribution in [0.2, 0.25) is 0 Å². The summed E-state index contributed by atoms with van der Waals surface area (Å²) in [6.45, 7) is 2.07. The number of hydrogen-bond acceptors (Lipinski definition) is 4. The molecule has 25 heavy (non-hydrogen) atoms. The molecule has 2 aromatic rings. The van der Waals surface area contributed by atoms with Gasteiger partial charge in [-0.2, -0.15) is 5.26 Å². The number of benzene rings is 2. The van der Waals surface area contributed by atoms with Crippen LogP contribution < -0.4 is 14.8 Å². The van der Waals surface area contributed by atoms with Crippen molar-refractivity contribution >= 4 is 11.6 Å². The molecule has 1 unspecified atom stereocenters. The second-order valence-corrected chi connectivity index (χ2v) is 5.60. The van der Waals surface area contributed by atoms with Gasteiger partial charge >= 0.3 is 0 Å². The molecule has 130 valence electrons. The smallest absolute Gasteiger partial charge is 0.242 e. The van der Waals surface area contributed by atoms with Gasteiger partial charge in [0.2, 0.25) is 5.91 Å². The number of aryl methyl sites for hydroxylation is 1. The van der Waals surface area contributed by atoms with Crippen molar-refractivity contribution in [2.75, 3.05) is 19.5 Å². The topological polar surface area (TPSA) is 71.4 Å². The van der Waals surface area contributed by atoms with E-state index >= 15 is 0 Å². The fourth-order valence-corrected chi connectivity index (χ4v) is 2.49. The Balaban J connectivity index is 2.11. The van der Waals surface area contributed by atoms with E-state index in [1.54, 1.807) is 26.4 Å². The van der Waals surface area contributed by atoms with Gasteiger partial charge in [0.15, 0.2) is 0 Å². The number of ether oxygens (including phenoxy) is 2. The van der Waals surface area contributed by atoms with Crippen LogP contribution in [0.15, 0.2) is 42.5 Å². The standard InChI is InChI=1S/C20H22N2O3/c1-4-14-5-8-17(9-6-14)22-20(23)16(13-21)11-15-7-10-18(24-2)12-19(15)25-3/h5-10,12,16H,4,11H2,1-3H3,(H,22,23). The molecule has 1 atom stereocenters. The second-order valence-electron chi connectivity index (χ2n) is 5.60. The second kappa shape index (κ2) is 8.74. The fourth-order valence-electron chi connectivity index (χ4n) is 2.49. The van der Waals surface area contributed by atoms with Crippen LogP contribution in [-0.4, -0.2) is 20.1 Å². The minimum Gasteiger partial charge on any atom is -0.497 e. The van der Waals surface area contributed by atoms with Crippen molar-refractivity contribution in [2.24, 2.45) is 5.92 Å². The zero-order valence-electron chi connectivity index (χ0n) is 14.7. The Morgan fingerprint density at radius 2 is 1.88 bits per heavy atom. The summed E-state index contributed by atoms with van der Waals surface area (Å²) in [4.78, 5) is 12.4. The van der Waals surface area contributed by atoms with Crippen LogP contribution in [-0.2, 0) is 17.6 Å². The van der Waals surface area contributed by atoms with Gasteiger partial charge in [-0.1, -0.05) is 25.1 Å². The lowest BCUT2D eigenvalue weighted by atomic mass is 9.98. The highest BCUT2D eigenvalue weighted by atomic mass is 16.5. The average molecular weight is 338 g/mol. The van der Waals surface area contributed by atoms with Crippen molar-refractivity contribution < 1.29 is 14.3 Å². The summed E-state index contributed by atoms with van der Waals surface area (Å²) in [6.07, 6.45) is 1.20. The molecule has 0 bridgehead atoms. The molecule has 0 aliphatic rings. The average Bonchev–Trinajstić information content (AvgIpc) is 2.66. The number of carbonyl (C=O) groups is 1. The number of rotatable bonds is 7. The Morgan fingerprint density at radius 3 is 2.44 bits per heavy atom. The molecule has 5 nitrogen and oxygen atoms in total. The number of hydrogen-bond donors (Lipinski definition) is 1. The summed E-state index contributed by atoms with van der Waals surface area (Å²) in [7, 11) is 3.12. The predicted molar refractivity (Wildman–Crippen MR) is 96.8 cm³/mol. The molecule has 0 aliphatic carbocycles. The van der Waals surface area contributed by atoms with Gasteiger partial charge in [-0.05, 0) is 35.7 Å². The molecular weight excluding hydrogens is 316 g/mol. The summed E-state index contributed by atoms with van der Waals surface area (Å²) in [6, 6.07) is 15.0. The third-order valence-corrected chi connectivity index (χ3v) is 4.02. The number of nitrogens with one attached hydrogen (secondary N) is 1. The van der Waals surface area contributed by atoms with E-state index in [0.717, 1.165) is 12.0 Å². The number of amides is 1. The molecule has 0 saturated carbocycles. The molecule has 2 aromatic carbocycles. The molecule has 0 radical (unpaired) electrons. The van der Waals surface area contributed by atoms with Crippen LogP contribution in [0.4, 0.5) is 5.69 Å². The number of nitriles is 1. The number of methoxy groups -OCH3 is 2. The van der Waals surface area contributed by atoms with E-state index in [2.05, 4.69) is 18.3 Å². The molecule has 0 saturated heterocycles. The molecule has 0 spiro atoms. The van der Waals surface area contributed by atoms with Gasteiger partial charge in [0, 0.05) is 18.2 Å². The molecule has 1 N–H and O–H groups in total. The van der Waals surface area contributed by atoms with E-state index in [9.17, 15) is 10.1 Å². The highest BCUT2D eigenvalue weighted by Gasteiger charge is 2.20. The molecule has 0 aromatic heterocycles. The molecule has 0 aliphatic heterocycles. The summed E-state index contributed by atoms with van der Waals surface area (Å²) in [5.74, 6) is 0.118. The first kappa shape index (κ1) is 18.3. The maximum Gasteiger partial charge on any atom is 0.242 e. The summed E-state index contributed by atoms with van der Waals surface area (Å²) < 4.78 is 10.5. The lowest BCUT2D eigenvalue weighted by molar-refractivity contribution is -0.118. The molecule has 0 heterocycles. The van der Waals surface area contributed by atoms with E-state index in [4.69, 9.17) is 9.47 Å². The van der Waals surface area contributed by atoms with Crippen LogP contribution in [0.1, 0.15) is 18.1 Å². The normalized spacial score (nSPS) is 11.3. The molecule has 0 fully saturated rings. The molecular formula is C20H22N2O3. The highest BCUT2D eigenvalue weighted by molar-refractivity contribution is 5.94. The summed E-state index contributed by atoms with van der Waals surface area (Å²) in [5, 5.41) is 12.2. The maximum absolute atomic E-state index is 12.4. The Bertz CT molecular complexity index is 764. The van der Waals surface area contributed by atoms with E-state index in [-0.39, 0.29) is 12.3 Å². The monoisotopic (exact) mass is 338 g/mol. The van der Waals surface area contributed by atoms with Crippen molar-refractivity contribution in [1.82, 2.24) is 0 Å². The largest absolute Gasteiger partial charge is 0.497 e. The highest BCUT2D eigenvalue weighted by Crippen LogP contribution is 2.27. The zero-order chi connectivity index (χ0) is 18.2. The van der Waals surface area contributed by atoms with Gasteiger partial charge in [-0.25, -0.2) is 0 Å². The van der Waals surface area contributed by atoms with Crippen molar-refractivity contribution in [1.29, 1.82) is 5.26 Å². The lowest BCUT2D eigenvalue weighted by Gasteiger charge is -2.14. The van der Waals surface area contributed by atoms with Crippen molar-refractivity contribution in [2.45, 2.75) is 19.8 Å². The minimum absolute atomic E-state index is 0.266. The Kier molecular flexibility index (Phi) is 6.41. The van der Waals surface area contributed by atoms with E-state index in [1.165, 1.54) is 5.56 Å². The quantitative estimate of drug-likeness (QED) is 0.837. The lowest BCUT2D eigenvalue weighted by Crippen LogP contribution is -2.23. The van der Waals surface area contributed by atoms with Gasteiger partial charge in [-0.3, -0.25) is 4.79 Å². The van der Waals surface area contributed by atoms with Crippen molar-refractivity contribution in [3.8, 4) is 17.6 Å². The van der Waals surface area contributed by atoms with Gasteiger partial charge < -0.3 is 14.8 Å². The summed E-state index contributed by atoms with van der Waals surface area (Å²) in [5.41, 5.74) is 2.66.